The van der Waals surface area contributed by atoms with Crippen molar-refractivity contribution in [2.24, 2.45) is 0 Å². The summed E-state index contributed by atoms with van der Waals surface area (Å²) in [4.78, 5) is 28.6. The van der Waals surface area contributed by atoms with Crippen LogP contribution in [0.4, 0.5) is 17.1 Å². The van der Waals surface area contributed by atoms with E-state index in [-0.39, 0.29) is 11.6 Å². The Balaban J connectivity index is 1.97. The average Bonchev–Trinajstić information content (AvgIpc) is 2.95. The molecule has 1 aromatic carbocycles. The van der Waals surface area contributed by atoms with Gasteiger partial charge < -0.3 is 11.1 Å². The van der Waals surface area contributed by atoms with Crippen molar-refractivity contribution in [3.8, 4) is 0 Å². The molecule has 0 saturated heterocycles. The number of allylic oxidation sites excluding steroid dienone is 1. The van der Waals surface area contributed by atoms with E-state index in [0.29, 0.717) is 27.5 Å². The fourth-order valence-corrected chi connectivity index (χ4v) is 4.08. The van der Waals surface area contributed by atoms with Gasteiger partial charge in [0.25, 0.3) is 11.6 Å². The second-order valence-corrected chi connectivity index (χ2v) is 7.08. The quantitative estimate of drug-likeness (QED) is 0.386. The molecule has 0 spiro atoms. The second kappa shape index (κ2) is 7.16. The van der Waals surface area contributed by atoms with Gasteiger partial charge in [-0.25, -0.2) is 4.98 Å². The molecule has 0 saturated carbocycles. The molecule has 1 amide bonds. The maximum atomic E-state index is 12.7. The summed E-state index contributed by atoms with van der Waals surface area (Å²) in [6.45, 7) is 7.67. The predicted molar refractivity (Wildman–Crippen MR) is 108 cm³/mol. The molecule has 0 fully saturated rings. The molecular weight excluding hydrogens is 364 g/mol. The Morgan fingerprint density at radius 2 is 2.04 bits per heavy atom. The zero-order valence-corrected chi connectivity index (χ0v) is 15.7. The summed E-state index contributed by atoms with van der Waals surface area (Å²) in [5.74, 6) is -0.369. The average molecular weight is 382 g/mol. The van der Waals surface area contributed by atoms with Crippen molar-refractivity contribution in [2.75, 3.05) is 11.1 Å². The van der Waals surface area contributed by atoms with Crippen LogP contribution in [0.3, 0.4) is 0 Å². The number of carbonyl (C=O) groups excluding carboxylic acids is 1. The molecule has 3 N–H and O–H groups in total. The number of nitrogens with zero attached hydrogens (tertiary/aromatic N) is 2. The molecular formula is C19H18N4O3S. The van der Waals surface area contributed by atoms with Crippen LogP contribution in [0.2, 0.25) is 0 Å². The Morgan fingerprint density at radius 3 is 2.63 bits per heavy atom. The van der Waals surface area contributed by atoms with Crippen LogP contribution >= 0.6 is 11.3 Å². The number of rotatable bonds is 5. The van der Waals surface area contributed by atoms with E-state index >= 15 is 0 Å². The lowest BCUT2D eigenvalue weighted by Crippen LogP contribution is -2.12. The van der Waals surface area contributed by atoms with Gasteiger partial charge in [0.15, 0.2) is 0 Å². The molecule has 27 heavy (non-hydrogen) atoms. The maximum absolute atomic E-state index is 12.7. The summed E-state index contributed by atoms with van der Waals surface area (Å²) < 4.78 is 0. The monoisotopic (exact) mass is 382 g/mol. The van der Waals surface area contributed by atoms with Crippen molar-refractivity contribution in [3.63, 3.8) is 0 Å². The minimum Gasteiger partial charge on any atom is -0.397 e. The highest BCUT2D eigenvalue weighted by atomic mass is 32.1. The van der Waals surface area contributed by atoms with E-state index in [1.54, 1.807) is 0 Å². The van der Waals surface area contributed by atoms with Gasteiger partial charge in [-0.3, -0.25) is 14.9 Å². The second-order valence-electron chi connectivity index (χ2n) is 6.08. The van der Waals surface area contributed by atoms with E-state index in [9.17, 15) is 14.9 Å². The fourth-order valence-electron chi connectivity index (χ4n) is 2.98. The SMILES string of the molecule is C=CCc1c(C)nc2sc(C(=O)Nc3ccc([N+](=O)[O-])cc3)c(N)c2c1C. The Hall–Kier alpha value is -3.26. The van der Waals surface area contributed by atoms with E-state index in [0.717, 1.165) is 22.2 Å². The highest BCUT2D eigenvalue weighted by Crippen LogP contribution is 2.37. The third kappa shape index (κ3) is 3.39. The number of nitrogens with one attached hydrogen (secondary N) is 1. The van der Waals surface area contributed by atoms with Gasteiger partial charge in [-0.05, 0) is 43.5 Å². The van der Waals surface area contributed by atoms with Gasteiger partial charge in [-0.2, -0.15) is 0 Å². The third-order valence-corrected chi connectivity index (χ3v) is 5.45. The number of aryl methyl sites for hydroxylation is 2. The van der Waals surface area contributed by atoms with Crippen molar-refractivity contribution in [1.29, 1.82) is 0 Å². The van der Waals surface area contributed by atoms with Gasteiger partial charge in [0.05, 0.1) is 10.6 Å². The number of nitro benzene ring substituents is 1. The minimum absolute atomic E-state index is 0.0422. The third-order valence-electron chi connectivity index (χ3n) is 4.35. The molecule has 2 aromatic heterocycles. The van der Waals surface area contributed by atoms with Crippen molar-refractivity contribution >= 4 is 44.5 Å². The van der Waals surface area contributed by atoms with Crippen molar-refractivity contribution in [2.45, 2.75) is 20.3 Å². The predicted octanol–water partition coefficient (Wildman–Crippen LogP) is 4.38. The molecule has 0 unspecified atom stereocenters. The van der Waals surface area contributed by atoms with Gasteiger partial charge in [0.2, 0.25) is 0 Å². The first-order valence-electron chi connectivity index (χ1n) is 8.18. The van der Waals surface area contributed by atoms with E-state index in [1.807, 2.05) is 19.9 Å². The van der Waals surface area contributed by atoms with Crippen LogP contribution in [-0.4, -0.2) is 15.8 Å². The molecule has 0 aliphatic heterocycles. The minimum atomic E-state index is -0.493. The molecule has 0 atom stereocenters. The zero-order chi connectivity index (χ0) is 19.7. The number of amides is 1. The van der Waals surface area contributed by atoms with Gasteiger partial charge in [0, 0.05) is 28.9 Å². The lowest BCUT2D eigenvalue weighted by Gasteiger charge is -2.09. The lowest BCUT2D eigenvalue weighted by molar-refractivity contribution is -0.384. The first-order valence-corrected chi connectivity index (χ1v) is 8.99. The molecule has 2 heterocycles. The summed E-state index contributed by atoms with van der Waals surface area (Å²) in [5.41, 5.74) is 10.0. The number of benzene rings is 1. The normalized spacial score (nSPS) is 10.7. The first kappa shape index (κ1) is 18.5. The molecule has 3 rings (SSSR count). The zero-order valence-electron chi connectivity index (χ0n) is 14.9. The van der Waals surface area contributed by atoms with Crippen LogP contribution in [0.25, 0.3) is 10.2 Å². The number of aromatic nitrogens is 1. The number of carbonyl (C=O) groups is 1. The molecule has 0 aliphatic rings. The number of non-ortho nitro benzene ring substituents is 1. The Morgan fingerprint density at radius 1 is 1.37 bits per heavy atom. The van der Waals surface area contributed by atoms with Gasteiger partial charge >= 0.3 is 0 Å². The van der Waals surface area contributed by atoms with Crippen LogP contribution in [-0.2, 0) is 6.42 Å². The number of fused-ring (bicyclic) bond motifs is 1. The van der Waals surface area contributed by atoms with Crippen molar-refractivity contribution < 1.29 is 9.72 Å². The first-order chi connectivity index (χ1) is 12.8. The number of anilines is 2. The number of hydrogen-bond acceptors (Lipinski definition) is 6. The van der Waals surface area contributed by atoms with E-state index in [4.69, 9.17) is 5.73 Å². The van der Waals surface area contributed by atoms with Crippen molar-refractivity contribution in [1.82, 2.24) is 4.98 Å². The van der Waals surface area contributed by atoms with Crippen LogP contribution in [0.15, 0.2) is 36.9 Å². The van der Waals surface area contributed by atoms with Crippen LogP contribution in [0.1, 0.15) is 26.5 Å². The Labute approximate surface area is 159 Å². The number of nitro groups is 1. The molecule has 0 bridgehead atoms. The number of nitrogen functional groups attached to an aromatic ring is 1. The molecule has 7 nitrogen and oxygen atoms in total. The van der Waals surface area contributed by atoms with Gasteiger partial charge in [0.1, 0.15) is 9.71 Å². The highest BCUT2D eigenvalue weighted by Gasteiger charge is 2.21. The summed E-state index contributed by atoms with van der Waals surface area (Å²) in [6, 6.07) is 5.63. The van der Waals surface area contributed by atoms with Crippen LogP contribution < -0.4 is 11.1 Å². The molecule has 0 radical (unpaired) electrons. The Kier molecular flexibility index (Phi) is 4.91. The Bertz CT molecular complexity index is 1070. The van der Waals surface area contributed by atoms with Gasteiger partial charge in [-0.1, -0.05) is 6.08 Å². The summed E-state index contributed by atoms with van der Waals surface area (Å²) in [7, 11) is 0. The lowest BCUT2D eigenvalue weighted by atomic mass is 10.0. The summed E-state index contributed by atoms with van der Waals surface area (Å²) >= 11 is 1.23. The fraction of sp³-hybridized carbons (Fsp3) is 0.158. The smallest absolute Gasteiger partial charge is 0.269 e. The van der Waals surface area contributed by atoms with Crippen LogP contribution in [0.5, 0.6) is 0 Å². The summed E-state index contributed by atoms with van der Waals surface area (Å²) in [5, 5.41) is 14.2. The number of nitrogens with two attached hydrogens (primary N) is 1. The molecule has 0 aliphatic carbocycles. The number of pyridine rings is 1. The van der Waals surface area contributed by atoms with Crippen LogP contribution in [0, 0.1) is 24.0 Å². The maximum Gasteiger partial charge on any atom is 0.269 e. The largest absolute Gasteiger partial charge is 0.397 e. The van der Waals surface area contributed by atoms with Crippen molar-refractivity contribution in [3.05, 3.63) is 68.7 Å². The van der Waals surface area contributed by atoms with Gasteiger partial charge in [-0.15, -0.1) is 17.9 Å². The van der Waals surface area contributed by atoms with E-state index < -0.39 is 4.92 Å². The highest BCUT2D eigenvalue weighted by molar-refractivity contribution is 7.21. The topological polar surface area (TPSA) is 111 Å². The molecule has 138 valence electrons. The molecule has 3 aromatic rings. The number of hydrogen-bond donors (Lipinski definition) is 2. The van der Waals surface area contributed by atoms with E-state index in [2.05, 4.69) is 16.9 Å². The standard InChI is InChI=1S/C19H18N4O3S/c1-4-5-14-10(2)15-16(20)17(27-19(15)21-11(14)3)18(24)22-12-6-8-13(9-7-12)23(25)26/h4,6-9H,1,5,20H2,2-3H3,(H,22,24). The number of thiophene rings is 1. The van der Waals surface area contributed by atoms with E-state index in [1.165, 1.54) is 35.6 Å². The summed E-state index contributed by atoms with van der Waals surface area (Å²) in [6.07, 6.45) is 2.49. The molecule has 8 heteroatoms.